The van der Waals surface area contributed by atoms with Gasteiger partial charge >= 0.3 is 0 Å². The summed E-state index contributed by atoms with van der Waals surface area (Å²) in [4.78, 5) is 10.5. The van der Waals surface area contributed by atoms with Gasteiger partial charge in [-0.2, -0.15) is 0 Å². The molecule has 2 aliphatic rings. The van der Waals surface area contributed by atoms with Gasteiger partial charge in [0.1, 0.15) is 0 Å². The molecule has 2 atom stereocenters. The van der Waals surface area contributed by atoms with E-state index in [1.165, 1.54) is 32.1 Å². The third-order valence-electron chi connectivity index (χ3n) is 4.11. The van der Waals surface area contributed by atoms with Crippen LogP contribution in [0.1, 0.15) is 44.9 Å². The summed E-state index contributed by atoms with van der Waals surface area (Å²) in [7, 11) is 0. The number of carbonyl (C=O) groups excluding carboxylic acids is 1. The zero-order chi connectivity index (χ0) is 9.31. The van der Waals surface area contributed by atoms with E-state index in [1.807, 2.05) is 0 Å². The van der Waals surface area contributed by atoms with E-state index < -0.39 is 6.10 Å². The largest absolute Gasteiger partial charge is 0.300 e. The van der Waals surface area contributed by atoms with E-state index >= 15 is 0 Å². The summed E-state index contributed by atoms with van der Waals surface area (Å²) in [6, 6.07) is 0. The van der Waals surface area contributed by atoms with Crippen LogP contribution < -0.4 is 0 Å². The smallest absolute Gasteiger partial charge is 0.152 e. The van der Waals surface area contributed by atoms with Gasteiger partial charge in [-0.05, 0) is 31.1 Å². The van der Waals surface area contributed by atoms with Gasteiger partial charge in [0, 0.05) is 5.92 Å². The summed E-state index contributed by atoms with van der Waals surface area (Å²) in [5, 5.41) is 11.5. The first kappa shape index (κ1) is 9.20. The number of hydrogen-bond donors (Lipinski definition) is 0. The number of rotatable bonds is 2. The fraction of sp³-hybridized carbons (Fsp3) is 0.909. The van der Waals surface area contributed by atoms with Gasteiger partial charge in [-0.25, -0.2) is 5.11 Å². The van der Waals surface area contributed by atoms with E-state index in [1.54, 1.807) is 0 Å². The molecule has 2 fully saturated rings. The quantitative estimate of drug-likeness (QED) is 0.602. The molecule has 2 unspecified atom stereocenters. The van der Waals surface area contributed by atoms with Gasteiger partial charge in [-0.3, -0.25) is 0 Å². The Hall–Kier alpha value is -0.370. The third-order valence-corrected chi connectivity index (χ3v) is 4.11. The first-order chi connectivity index (χ1) is 6.28. The predicted octanol–water partition coefficient (Wildman–Crippen LogP) is 2.34. The summed E-state index contributed by atoms with van der Waals surface area (Å²) >= 11 is 0. The van der Waals surface area contributed by atoms with Crippen molar-refractivity contribution in [1.82, 2.24) is 0 Å². The highest BCUT2D eigenvalue weighted by molar-refractivity contribution is 5.56. The number of carbonyl (C=O) groups is 1. The van der Waals surface area contributed by atoms with Crippen LogP contribution in [0.15, 0.2) is 0 Å². The van der Waals surface area contributed by atoms with Crippen LogP contribution in [0.5, 0.6) is 0 Å². The Balaban J connectivity index is 2.12. The molecule has 2 aliphatic carbocycles. The van der Waals surface area contributed by atoms with Crippen LogP contribution >= 0.6 is 0 Å². The van der Waals surface area contributed by atoms with Crippen molar-refractivity contribution in [3.63, 3.8) is 0 Å². The molecule has 0 bridgehead atoms. The highest BCUT2D eigenvalue weighted by atomic mass is 16.3. The van der Waals surface area contributed by atoms with Gasteiger partial charge in [0.25, 0.3) is 0 Å². The van der Waals surface area contributed by atoms with E-state index in [2.05, 4.69) is 0 Å². The van der Waals surface area contributed by atoms with E-state index in [4.69, 9.17) is 0 Å². The molecule has 2 rings (SSSR count). The molecule has 0 aliphatic heterocycles. The molecule has 0 N–H and O–H groups in total. The van der Waals surface area contributed by atoms with Gasteiger partial charge in [0.2, 0.25) is 0 Å². The lowest BCUT2D eigenvalue weighted by Crippen LogP contribution is -2.32. The van der Waals surface area contributed by atoms with Crippen LogP contribution in [-0.2, 0) is 9.90 Å². The average Bonchev–Trinajstić information content (AvgIpc) is 2.76. The third kappa shape index (κ3) is 1.41. The van der Waals surface area contributed by atoms with Crippen molar-refractivity contribution in [1.29, 1.82) is 0 Å². The fourth-order valence-corrected chi connectivity index (χ4v) is 3.47. The second kappa shape index (κ2) is 3.41. The lowest BCUT2D eigenvalue weighted by molar-refractivity contribution is -0.124. The normalized spacial score (nSPS) is 33.8. The van der Waals surface area contributed by atoms with Gasteiger partial charge in [0.05, 0.1) is 0 Å². The van der Waals surface area contributed by atoms with Crippen molar-refractivity contribution in [3.05, 3.63) is 0 Å². The van der Waals surface area contributed by atoms with E-state index in [0.29, 0.717) is 6.29 Å². The van der Waals surface area contributed by atoms with E-state index in [-0.39, 0.29) is 11.3 Å². The summed E-state index contributed by atoms with van der Waals surface area (Å²) < 4.78 is 0. The molecule has 1 spiro atoms. The fourth-order valence-electron chi connectivity index (χ4n) is 3.47. The second-order valence-electron chi connectivity index (χ2n) is 4.67. The number of aldehydes is 1. The molecular formula is C11H17O2. The Labute approximate surface area is 79.3 Å². The summed E-state index contributed by atoms with van der Waals surface area (Å²) in [6.07, 6.45) is 7.96. The molecule has 0 aromatic heterocycles. The van der Waals surface area contributed by atoms with Gasteiger partial charge in [0.15, 0.2) is 12.4 Å². The lowest BCUT2D eigenvalue weighted by Gasteiger charge is -2.31. The Morgan fingerprint density at radius 3 is 2.38 bits per heavy atom. The Bertz CT molecular complexity index is 189. The Morgan fingerprint density at radius 1 is 1.15 bits per heavy atom. The second-order valence-corrected chi connectivity index (χ2v) is 4.67. The molecule has 0 heterocycles. The average molecular weight is 181 g/mol. The number of hydrogen-bond acceptors (Lipinski definition) is 1. The summed E-state index contributed by atoms with van der Waals surface area (Å²) in [5.41, 5.74) is 0.285. The van der Waals surface area contributed by atoms with Crippen LogP contribution in [0, 0.1) is 11.3 Å². The lowest BCUT2D eigenvalue weighted by atomic mass is 9.74. The highest BCUT2D eigenvalue weighted by Gasteiger charge is 2.47. The molecule has 73 valence electrons. The van der Waals surface area contributed by atoms with Crippen molar-refractivity contribution >= 4 is 6.29 Å². The molecule has 0 saturated heterocycles. The predicted molar refractivity (Wildman–Crippen MR) is 48.8 cm³/mol. The maximum atomic E-state index is 11.5. The van der Waals surface area contributed by atoms with Crippen molar-refractivity contribution < 1.29 is 9.90 Å². The zero-order valence-electron chi connectivity index (χ0n) is 8.00. The van der Waals surface area contributed by atoms with E-state index in [9.17, 15) is 9.90 Å². The maximum Gasteiger partial charge on any atom is 0.152 e. The molecule has 2 saturated carbocycles. The van der Waals surface area contributed by atoms with Crippen molar-refractivity contribution in [2.45, 2.75) is 51.0 Å². The first-order valence-electron chi connectivity index (χ1n) is 5.40. The van der Waals surface area contributed by atoms with Crippen LogP contribution in [0.3, 0.4) is 0 Å². The monoisotopic (exact) mass is 181 g/mol. The van der Waals surface area contributed by atoms with Crippen LogP contribution in [-0.4, -0.2) is 12.4 Å². The van der Waals surface area contributed by atoms with Gasteiger partial charge in [-0.15, -0.1) is 0 Å². The van der Waals surface area contributed by atoms with Gasteiger partial charge < -0.3 is 4.79 Å². The molecule has 2 heteroatoms. The van der Waals surface area contributed by atoms with Crippen molar-refractivity contribution in [3.8, 4) is 0 Å². The Kier molecular flexibility index (Phi) is 2.41. The first-order valence-corrected chi connectivity index (χ1v) is 5.40. The van der Waals surface area contributed by atoms with Crippen molar-refractivity contribution in [2.75, 3.05) is 0 Å². The Morgan fingerprint density at radius 2 is 1.77 bits per heavy atom. The van der Waals surface area contributed by atoms with Gasteiger partial charge in [-0.1, -0.05) is 19.3 Å². The summed E-state index contributed by atoms with van der Waals surface area (Å²) in [5.74, 6) is 0.160. The molecule has 0 aromatic carbocycles. The molecule has 0 aromatic rings. The van der Waals surface area contributed by atoms with Crippen LogP contribution in [0.2, 0.25) is 0 Å². The molecule has 1 radical (unpaired) electrons. The molecule has 0 amide bonds. The minimum absolute atomic E-state index is 0.160. The van der Waals surface area contributed by atoms with Crippen LogP contribution in [0.4, 0.5) is 0 Å². The standard InChI is InChI=1S/C11H17O2/c12-8-10(13)9-4-3-7-11(9)5-1-2-6-11/h8-10H,1-7H2. The van der Waals surface area contributed by atoms with E-state index in [0.717, 1.165) is 12.8 Å². The molecule has 2 nitrogen and oxygen atoms in total. The highest BCUT2D eigenvalue weighted by Crippen LogP contribution is 2.55. The van der Waals surface area contributed by atoms with Crippen LogP contribution in [0.25, 0.3) is 0 Å². The topological polar surface area (TPSA) is 37.0 Å². The minimum atomic E-state index is -0.944. The van der Waals surface area contributed by atoms with Crippen molar-refractivity contribution in [2.24, 2.45) is 11.3 Å². The molecule has 13 heavy (non-hydrogen) atoms. The molecular weight excluding hydrogens is 164 g/mol. The maximum absolute atomic E-state index is 11.5. The SMILES string of the molecule is [O]C(C=O)C1CCCC12CCCC2. The summed E-state index contributed by atoms with van der Waals surface area (Å²) in [6.45, 7) is 0. The minimum Gasteiger partial charge on any atom is -0.300 e. The zero-order valence-corrected chi connectivity index (χ0v) is 8.00.